The van der Waals surface area contributed by atoms with Gasteiger partial charge in [-0.05, 0) is 25.0 Å². The molecule has 16 heavy (non-hydrogen) atoms. The maximum Gasteiger partial charge on any atom is 0.111 e. The molecule has 2 rings (SSSR count). The summed E-state index contributed by atoms with van der Waals surface area (Å²) in [5, 5.41) is 0. The minimum atomic E-state index is 0.0873. The van der Waals surface area contributed by atoms with Crippen molar-refractivity contribution in [2.75, 3.05) is 6.61 Å². The quantitative estimate of drug-likeness (QED) is 0.597. The minimum absolute atomic E-state index is 0.0873. The molecule has 3 heteroatoms. The second-order valence-electron chi connectivity index (χ2n) is 4.16. The van der Waals surface area contributed by atoms with Crippen LogP contribution in [0.5, 0.6) is 0 Å². The summed E-state index contributed by atoms with van der Waals surface area (Å²) in [6.07, 6.45) is 3.96. The Morgan fingerprint density at radius 3 is 3.00 bits per heavy atom. The fourth-order valence-electron chi connectivity index (χ4n) is 2.00. The molecule has 3 nitrogen and oxygen atoms in total. The van der Waals surface area contributed by atoms with Crippen molar-refractivity contribution in [2.24, 2.45) is 5.84 Å². The van der Waals surface area contributed by atoms with Gasteiger partial charge in [-0.15, -0.1) is 0 Å². The van der Waals surface area contributed by atoms with Gasteiger partial charge in [-0.2, -0.15) is 0 Å². The molecule has 0 amide bonds. The van der Waals surface area contributed by atoms with Crippen LogP contribution < -0.4 is 11.3 Å². The topological polar surface area (TPSA) is 47.3 Å². The molecule has 86 valence electrons. The normalized spacial score (nSPS) is 16.8. The zero-order valence-electron chi connectivity index (χ0n) is 9.57. The van der Waals surface area contributed by atoms with E-state index < -0.39 is 0 Å². The van der Waals surface area contributed by atoms with Crippen LogP contribution in [-0.4, -0.2) is 12.6 Å². The van der Waals surface area contributed by atoms with Gasteiger partial charge in [0.05, 0.1) is 12.6 Å². The van der Waals surface area contributed by atoms with Crippen LogP contribution in [0.1, 0.15) is 17.5 Å². The molecule has 1 aliphatic rings. The number of hydrazine groups is 1. The van der Waals surface area contributed by atoms with E-state index in [1.807, 2.05) is 0 Å². The molecule has 0 bridgehead atoms. The largest absolute Gasteiger partial charge is 0.496 e. The zero-order chi connectivity index (χ0) is 11.4. The van der Waals surface area contributed by atoms with Crippen LogP contribution in [0.3, 0.4) is 0 Å². The molecule has 0 fully saturated rings. The standard InChI is InChI=1S/C13H18N2O/c1-10-4-2-5-11(8-10)9-12(15-14)13-6-3-7-16-13/h2,4-6,8,12,15H,3,7,9,14H2,1H3. The number of aryl methyl sites for hydroxylation is 1. The van der Waals surface area contributed by atoms with Crippen molar-refractivity contribution >= 4 is 0 Å². The van der Waals surface area contributed by atoms with E-state index in [2.05, 4.69) is 42.7 Å². The zero-order valence-corrected chi connectivity index (χ0v) is 9.57. The Bertz CT molecular complexity index is 387. The van der Waals surface area contributed by atoms with Gasteiger partial charge < -0.3 is 4.74 Å². The van der Waals surface area contributed by atoms with E-state index in [1.165, 1.54) is 11.1 Å². The van der Waals surface area contributed by atoms with Gasteiger partial charge in [0.15, 0.2) is 0 Å². The minimum Gasteiger partial charge on any atom is -0.496 e. The van der Waals surface area contributed by atoms with E-state index in [0.717, 1.165) is 25.2 Å². The van der Waals surface area contributed by atoms with Gasteiger partial charge in [0, 0.05) is 6.42 Å². The summed E-state index contributed by atoms with van der Waals surface area (Å²) in [5.41, 5.74) is 5.37. The van der Waals surface area contributed by atoms with Crippen LogP contribution in [0, 0.1) is 6.92 Å². The number of hydrogen-bond donors (Lipinski definition) is 2. The Morgan fingerprint density at radius 1 is 1.50 bits per heavy atom. The van der Waals surface area contributed by atoms with Crippen LogP contribution in [0.4, 0.5) is 0 Å². The first-order chi connectivity index (χ1) is 7.79. The van der Waals surface area contributed by atoms with E-state index in [4.69, 9.17) is 10.6 Å². The Balaban J connectivity index is 2.06. The SMILES string of the molecule is Cc1cccc(CC(NN)C2=CCCO2)c1. The Morgan fingerprint density at radius 2 is 2.38 bits per heavy atom. The first-order valence-electron chi connectivity index (χ1n) is 5.64. The summed E-state index contributed by atoms with van der Waals surface area (Å²) in [6.45, 7) is 2.88. The van der Waals surface area contributed by atoms with Crippen molar-refractivity contribution in [3.8, 4) is 0 Å². The number of ether oxygens (including phenoxy) is 1. The molecule has 3 N–H and O–H groups in total. The average molecular weight is 218 g/mol. The lowest BCUT2D eigenvalue weighted by Crippen LogP contribution is -2.38. The molecular weight excluding hydrogens is 200 g/mol. The molecule has 1 atom stereocenters. The third kappa shape index (κ3) is 2.62. The molecule has 1 aromatic rings. The van der Waals surface area contributed by atoms with Crippen molar-refractivity contribution in [1.29, 1.82) is 0 Å². The lowest BCUT2D eigenvalue weighted by Gasteiger charge is -2.17. The van der Waals surface area contributed by atoms with E-state index in [0.29, 0.717) is 0 Å². The van der Waals surface area contributed by atoms with E-state index in [9.17, 15) is 0 Å². The summed E-state index contributed by atoms with van der Waals surface area (Å²) in [5.74, 6) is 6.54. The van der Waals surface area contributed by atoms with E-state index in [1.54, 1.807) is 0 Å². The van der Waals surface area contributed by atoms with Crippen molar-refractivity contribution in [1.82, 2.24) is 5.43 Å². The van der Waals surface area contributed by atoms with Crippen LogP contribution in [-0.2, 0) is 11.2 Å². The summed E-state index contributed by atoms with van der Waals surface area (Å²) in [7, 11) is 0. The Labute approximate surface area is 96.3 Å². The predicted octanol–water partition coefficient (Wildman–Crippen LogP) is 1.67. The van der Waals surface area contributed by atoms with Gasteiger partial charge in [-0.3, -0.25) is 5.84 Å². The van der Waals surface area contributed by atoms with E-state index >= 15 is 0 Å². The molecule has 0 radical (unpaired) electrons. The van der Waals surface area contributed by atoms with Gasteiger partial charge in [0.1, 0.15) is 5.76 Å². The summed E-state index contributed by atoms with van der Waals surface area (Å²) < 4.78 is 5.53. The number of benzene rings is 1. The molecule has 1 heterocycles. The predicted molar refractivity (Wildman–Crippen MR) is 64.6 cm³/mol. The maximum atomic E-state index is 5.57. The number of nitrogens with one attached hydrogen (secondary N) is 1. The Hall–Kier alpha value is -1.32. The highest BCUT2D eigenvalue weighted by Crippen LogP contribution is 2.17. The number of hydrogen-bond acceptors (Lipinski definition) is 3. The second-order valence-corrected chi connectivity index (χ2v) is 4.16. The van der Waals surface area contributed by atoms with Crippen molar-refractivity contribution in [3.05, 3.63) is 47.2 Å². The Kier molecular flexibility index (Phi) is 3.59. The first kappa shape index (κ1) is 11.2. The van der Waals surface area contributed by atoms with Crippen molar-refractivity contribution in [2.45, 2.75) is 25.8 Å². The molecule has 0 saturated carbocycles. The third-order valence-corrected chi connectivity index (χ3v) is 2.80. The fourth-order valence-corrected chi connectivity index (χ4v) is 2.00. The van der Waals surface area contributed by atoms with Crippen LogP contribution in [0.2, 0.25) is 0 Å². The lowest BCUT2D eigenvalue weighted by atomic mass is 10.0. The van der Waals surface area contributed by atoms with Crippen LogP contribution in [0.25, 0.3) is 0 Å². The highest BCUT2D eigenvalue weighted by molar-refractivity contribution is 5.24. The van der Waals surface area contributed by atoms with Crippen molar-refractivity contribution in [3.63, 3.8) is 0 Å². The summed E-state index contributed by atoms with van der Waals surface area (Å²) >= 11 is 0. The van der Waals surface area contributed by atoms with Crippen LogP contribution >= 0.6 is 0 Å². The monoisotopic (exact) mass is 218 g/mol. The molecule has 0 aromatic heterocycles. The van der Waals surface area contributed by atoms with E-state index in [-0.39, 0.29) is 6.04 Å². The summed E-state index contributed by atoms with van der Waals surface area (Å²) in [6, 6.07) is 8.55. The highest BCUT2D eigenvalue weighted by Gasteiger charge is 2.17. The lowest BCUT2D eigenvalue weighted by molar-refractivity contribution is 0.214. The molecule has 1 unspecified atom stereocenters. The molecule has 0 aliphatic carbocycles. The van der Waals surface area contributed by atoms with Gasteiger partial charge in [-0.25, -0.2) is 5.43 Å². The van der Waals surface area contributed by atoms with Crippen molar-refractivity contribution < 1.29 is 4.74 Å². The molecule has 1 aliphatic heterocycles. The number of rotatable bonds is 4. The fraction of sp³-hybridized carbons (Fsp3) is 0.385. The van der Waals surface area contributed by atoms with Gasteiger partial charge in [-0.1, -0.05) is 29.8 Å². The molecule has 1 aromatic carbocycles. The molecule has 0 spiro atoms. The molecular formula is C13H18N2O. The highest BCUT2D eigenvalue weighted by atomic mass is 16.5. The average Bonchev–Trinajstić information content (AvgIpc) is 2.79. The van der Waals surface area contributed by atoms with Crippen LogP contribution in [0.15, 0.2) is 36.1 Å². The van der Waals surface area contributed by atoms with Gasteiger partial charge in [0.2, 0.25) is 0 Å². The maximum absolute atomic E-state index is 5.57. The van der Waals surface area contributed by atoms with Gasteiger partial charge in [0.25, 0.3) is 0 Å². The smallest absolute Gasteiger partial charge is 0.111 e. The molecule has 0 saturated heterocycles. The summed E-state index contributed by atoms with van der Waals surface area (Å²) in [4.78, 5) is 0. The van der Waals surface area contributed by atoms with Gasteiger partial charge >= 0.3 is 0 Å². The number of nitrogens with two attached hydrogens (primary N) is 1. The third-order valence-electron chi connectivity index (χ3n) is 2.80. The second kappa shape index (κ2) is 5.14. The first-order valence-corrected chi connectivity index (χ1v) is 5.64.